The molecule has 3 heteroatoms. The molecule has 16 heavy (non-hydrogen) atoms. The maximum Gasteiger partial charge on any atom is 0.0637 e. The van der Waals surface area contributed by atoms with Crippen molar-refractivity contribution in [2.24, 2.45) is 11.8 Å². The molecule has 2 atom stereocenters. The summed E-state index contributed by atoms with van der Waals surface area (Å²) in [6.45, 7) is 6.60. The third-order valence-corrected chi connectivity index (χ3v) is 3.17. The van der Waals surface area contributed by atoms with Crippen molar-refractivity contribution in [2.75, 3.05) is 0 Å². The van der Waals surface area contributed by atoms with E-state index in [-0.39, 0.29) is 6.04 Å². The van der Waals surface area contributed by atoms with Crippen molar-refractivity contribution in [2.45, 2.75) is 46.1 Å². The first-order valence-corrected chi connectivity index (χ1v) is 6.12. The Hall–Kier alpha value is -0.930. The summed E-state index contributed by atoms with van der Waals surface area (Å²) in [4.78, 5) is 4.47. The molecular weight excluding hydrogens is 198 g/mol. The van der Waals surface area contributed by atoms with E-state index in [9.17, 15) is 0 Å². The number of aryl methyl sites for hydroxylation is 1. The number of nitrogens with zero attached hydrogens (tertiary/aromatic N) is 1. The fourth-order valence-electron chi connectivity index (χ4n) is 1.89. The molecule has 0 bridgehead atoms. The van der Waals surface area contributed by atoms with Crippen LogP contribution >= 0.6 is 0 Å². The molecule has 0 saturated carbocycles. The van der Waals surface area contributed by atoms with Crippen LogP contribution in [0, 0.1) is 5.92 Å². The Morgan fingerprint density at radius 3 is 2.75 bits per heavy atom. The average Bonchev–Trinajstić information content (AvgIpc) is 2.35. The summed E-state index contributed by atoms with van der Waals surface area (Å²) in [6.07, 6.45) is 5.06. The zero-order valence-electron chi connectivity index (χ0n) is 10.5. The van der Waals surface area contributed by atoms with E-state index in [1.54, 1.807) is 0 Å². The van der Waals surface area contributed by atoms with Gasteiger partial charge in [0.1, 0.15) is 0 Å². The molecule has 0 aliphatic heterocycles. The highest BCUT2D eigenvalue weighted by Gasteiger charge is 2.16. The Labute approximate surface area is 98.4 Å². The van der Waals surface area contributed by atoms with Crippen molar-refractivity contribution >= 4 is 0 Å². The van der Waals surface area contributed by atoms with Crippen LogP contribution in [-0.4, -0.2) is 4.98 Å². The molecule has 2 unspecified atom stereocenters. The summed E-state index contributed by atoms with van der Waals surface area (Å²) < 4.78 is 0. The van der Waals surface area contributed by atoms with Gasteiger partial charge >= 0.3 is 0 Å². The molecule has 0 aliphatic carbocycles. The van der Waals surface area contributed by atoms with Crippen molar-refractivity contribution < 1.29 is 0 Å². The van der Waals surface area contributed by atoms with Gasteiger partial charge in [0.05, 0.1) is 11.7 Å². The first kappa shape index (κ1) is 13.1. The summed E-state index contributed by atoms with van der Waals surface area (Å²) in [5.41, 5.74) is 5.29. The SMILES string of the molecule is CCc1cccnc1C(CC(C)CC)NN. The first-order valence-electron chi connectivity index (χ1n) is 6.12. The van der Waals surface area contributed by atoms with Gasteiger partial charge < -0.3 is 0 Å². The predicted octanol–water partition coefficient (Wildman–Crippen LogP) is 2.58. The summed E-state index contributed by atoms with van der Waals surface area (Å²) >= 11 is 0. The molecule has 1 rings (SSSR count). The Bertz CT molecular complexity index is 312. The number of aromatic nitrogens is 1. The molecule has 0 aliphatic rings. The van der Waals surface area contributed by atoms with E-state index in [0.29, 0.717) is 5.92 Å². The van der Waals surface area contributed by atoms with Crippen LogP contribution in [-0.2, 0) is 6.42 Å². The molecular formula is C13H23N3. The summed E-state index contributed by atoms with van der Waals surface area (Å²) in [7, 11) is 0. The van der Waals surface area contributed by atoms with Crippen LogP contribution in [0.1, 0.15) is 50.9 Å². The largest absolute Gasteiger partial charge is 0.271 e. The van der Waals surface area contributed by atoms with Crippen molar-refractivity contribution in [3.63, 3.8) is 0 Å². The zero-order valence-corrected chi connectivity index (χ0v) is 10.5. The maximum absolute atomic E-state index is 5.64. The number of nitrogens with two attached hydrogens (primary N) is 1. The summed E-state index contributed by atoms with van der Waals surface area (Å²) in [5, 5.41) is 0. The van der Waals surface area contributed by atoms with Gasteiger partial charge in [0.15, 0.2) is 0 Å². The number of rotatable bonds is 6. The van der Waals surface area contributed by atoms with Crippen LogP contribution in [0.5, 0.6) is 0 Å². The monoisotopic (exact) mass is 221 g/mol. The standard InChI is InChI=1S/C13H23N3/c1-4-10(3)9-12(16-14)13-11(5-2)7-6-8-15-13/h6-8,10,12,16H,4-5,9,14H2,1-3H3. The van der Waals surface area contributed by atoms with E-state index in [4.69, 9.17) is 5.84 Å². The van der Waals surface area contributed by atoms with E-state index >= 15 is 0 Å². The van der Waals surface area contributed by atoms with Crippen molar-refractivity contribution in [3.05, 3.63) is 29.6 Å². The number of nitrogens with one attached hydrogen (secondary N) is 1. The number of hydrogen-bond acceptors (Lipinski definition) is 3. The quantitative estimate of drug-likeness (QED) is 0.573. The van der Waals surface area contributed by atoms with E-state index in [1.807, 2.05) is 12.3 Å². The molecule has 3 N–H and O–H groups in total. The van der Waals surface area contributed by atoms with Crippen LogP contribution in [0.3, 0.4) is 0 Å². The van der Waals surface area contributed by atoms with Crippen LogP contribution in [0.2, 0.25) is 0 Å². The van der Waals surface area contributed by atoms with Gasteiger partial charge in [-0.15, -0.1) is 0 Å². The van der Waals surface area contributed by atoms with Gasteiger partial charge in [0.2, 0.25) is 0 Å². The van der Waals surface area contributed by atoms with Crippen molar-refractivity contribution in [1.82, 2.24) is 10.4 Å². The lowest BCUT2D eigenvalue weighted by Gasteiger charge is -2.21. The second-order valence-electron chi connectivity index (χ2n) is 4.37. The Balaban J connectivity index is 2.85. The molecule has 0 fully saturated rings. The van der Waals surface area contributed by atoms with E-state index in [0.717, 1.165) is 18.5 Å². The predicted molar refractivity (Wildman–Crippen MR) is 67.8 cm³/mol. The molecule has 0 amide bonds. The normalized spacial score (nSPS) is 14.8. The Kier molecular flexibility index (Phi) is 5.43. The molecule has 3 nitrogen and oxygen atoms in total. The highest BCUT2D eigenvalue weighted by molar-refractivity contribution is 5.22. The van der Waals surface area contributed by atoms with Crippen LogP contribution in [0.15, 0.2) is 18.3 Å². The lowest BCUT2D eigenvalue weighted by atomic mass is 9.95. The fraction of sp³-hybridized carbons (Fsp3) is 0.615. The zero-order chi connectivity index (χ0) is 12.0. The fourth-order valence-corrected chi connectivity index (χ4v) is 1.89. The van der Waals surface area contributed by atoms with Gasteiger partial charge in [-0.25, -0.2) is 0 Å². The van der Waals surface area contributed by atoms with Gasteiger partial charge in [0.25, 0.3) is 0 Å². The van der Waals surface area contributed by atoms with Gasteiger partial charge in [-0.3, -0.25) is 16.3 Å². The van der Waals surface area contributed by atoms with Gasteiger partial charge in [-0.2, -0.15) is 0 Å². The van der Waals surface area contributed by atoms with Gasteiger partial charge in [-0.05, 0) is 30.4 Å². The minimum Gasteiger partial charge on any atom is -0.271 e. The van der Waals surface area contributed by atoms with Crippen LogP contribution in [0.25, 0.3) is 0 Å². The Morgan fingerprint density at radius 1 is 1.44 bits per heavy atom. The highest BCUT2D eigenvalue weighted by atomic mass is 15.2. The Morgan fingerprint density at radius 2 is 2.19 bits per heavy atom. The topological polar surface area (TPSA) is 50.9 Å². The van der Waals surface area contributed by atoms with Crippen LogP contribution in [0.4, 0.5) is 0 Å². The second kappa shape index (κ2) is 6.61. The molecule has 0 saturated heterocycles. The molecule has 0 radical (unpaired) electrons. The van der Waals surface area contributed by atoms with Gasteiger partial charge in [0, 0.05) is 6.20 Å². The first-order chi connectivity index (χ1) is 7.72. The van der Waals surface area contributed by atoms with E-state index in [2.05, 4.69) is 37.2 Å². The van der Waals surface area contributed by atoms with Crippen molar-refractivity contribution in [3.8, 4) is 0 Å². The molecule has 0 aromatic carbocycles. The maximum atomic E-state index is 5.64. The molecule has 1 aromatic rings. The van der Waals surface area contributed by atoms with Gasteiger partial charge in [-0.1, -0.05) is 33.3 Å². The number of pyridine rings is 1. The minimum atomic E-state index is 0.172. The number of hydrazine groups is 1. The third kappa shape index (κ3) is 3.29. The molecule has 1 heterocycles. The molecule has 90 valence electrons. The molecule has 0 spiro atoms. The van der Waals surface area contributed by atoms with E-state index < -0.39 is 0 Å². The third-order valence-electron chi connectivity index (χ3n) is 3.17. The lowest BCUT2D eigenvalue weighted by molar-refractivity contribution is 0.400. The smallest absolute Gasteiger partial charge is 0.0637 e. The summed E-state index contributed by atoms with van der Waals surface area (Å²) in [6, 6.07) is 4.29. The van der Waals surface area contributed by atoms with Crippen LogP contribution < -0.4 is 11.3 Å². The average molecular weight is 221 g/mol. The second-order valence-corrected chi connectivity index (χ2v) is 4.37. The lowest BCUT2D eigenvalue weighted by Crippen LogP contribution is -2.30. The highest BCUT2D eigenvalue weighted by Crippen LogP contribution is 2.23. The van der Waals surface area contributed by atoms with Crippen molar-refractivity contribution in [1.29, 1.82) is 0 Å². The summed E-state index contributed by atoms with van der Waals surface area (Å²) in [5.74, 6) is 6.30. The number of hydrogen-bond donors (Lipinski definition) is 2. The minimum absolute atomic E-state index is 0.172. The molecule has 1 aromatic heterocycles. The van der Waals surface area contributed by atoms with E-state index in [1.165, 1.54) is 12.0 Å².